The summed E-state index contributed by atoms with van der Waals surface area (Å²) >= 11 is 0. The van der Waals surface area contributed by atoms with Gasteiger partial charge in [-0.05, 0) is 5.57 Å². The SMILES string of the molecule is NC1C=C(CO)C(O)C1O. The predicted molar refractivity (Wildman–Crippen MR) is 35.2 cm³/mol. The minimum atomic E-state index is -0.986. The van der Waals surface area contributed by atoms with Gasteiger partial charge in [0.25, 0.3) is 0 Å². The minimum absolute atomic E-state index is 0.244. The van der Waals surface area contributed by atoms with Crippen LogP contribution in [0.3, 0.4) is 0 Å². The highest BCUT2D eigenvalue weighted by molar-refractivity contribution is 5.23. The van der Waals surface area contributed by atoms with Gasteiger partial charge < -0.3 is 21.1 Å². The van der Waals surface area contributed by atoms with Gasteiger partial charge in [-0.2, -0.15) is 0 Å². The summed E-state index contributed by atoms with van der Waals surface area (Å²) in [6.07, 6.45) is -0.461. The Kier molecular flexibility index (Phi) is 2.05. The summed E-state index contributed by atoms with van der Waals surface area (Å²) < 4.78 is 0. The first kappa shape index (κ1) is 7.68. The summed E-state index contributed by atoms with van der Waals surface area (Å²) in [5, 5.41) is 26.7. The fourth-order valence-electron chi connectivity index (χ4n) is 1.02. The Labute approximate surface area is 58.6 Å². The van der Waals surface area contributed by atoms with Crippen LogP contribution >= 0.6 is 0 Å². The first-order valence-electron chi connectivity index (χ1n) is 3.10. The van der Waals surface area contributed by atoms with Gasteiger partial charge in [-0.1, -0.05) is 6.08 Å². The van der Waals surface area contributed by atoms with Crippen molar-refractivity contribution in [3.63, 3.8) is 0 Å². The maximum absolute atomic E-state index is 9.07. The Balaban J connectivity index is 2.68. The van der Waals surface area contributed by atoms with E-state index in [9.17, 15) is 0 Å². The Morgan fingerprint density at radius 1 is 1.50 bits per heavy atom. The van der Waals surface area contributed by atoms with E-state index in [1.54, 1.807) is 0 Å². The van der Waals surface area contributed by atoms with Crippen molar-refractivity contribution in [3.8, 4) is 0 Å². The molecule has 1 rings (SSSR count). The quantitative estimate of drug-likeness (QED) is 0.320. The smallest absolute Gasteiger partial charge is 0.105 e. The lowest BCUT2D eigenvalue weighted by Gasteiger charge is -2.12. The second kappa shape index (κ2) is 2.67. The monoisotopic (exact) mass is 145 g/mol. The molecule has 0 aromatic heterocycles. The Morgan fingerprint density at radius 2 is 2.10 bits per heavy atom. The second-order valence-corrected chi connectivity index (χ2v) is 2.41. The van der Waals surface area contributed by atoms with Gasteiger partial charge in [0, 0.05) is 0 Å². The van der Waals surface area contributed by atoms with Gasteiger partial charge in [0.05, 0.1) is 12.6 Å². The van der Waals surface area contributed by atoms with Crippen molar-refractivity contribution < 1.29 is 15.3 Å². The van der Waals surface area contributed by atoms with Gasteiger partial charge in [-0.25, -0.2) is 0 Å². The van der Waals surface area contributed by atoms with E-state index < -0.39 is 18.2 Å². The normalized spacial score (nSPS) is 40.0. The molecule has 0 fully saturated rings. The topological polar surface area (TPSA) is 86.7 Å². The van der Waals surface area contributed by atoms with E-state index in [0.29, 0.717) is 5.57 Å². The Bertz CT molecular complexity index is 157. The zero-order chi connectivity index (χ0) is 7.72. The molecule has 10 heavy (non-hydrogen) atoms. The third-order valence-corrected chi connectivity index (χ3v) is 1.69. The van der Waals surface area contributed by atoms with Crippen molar-refractivity contribution in [1.29, 1.82) is 0 Å². The molecule has 1 aliphatic rings. The van der Waals surface area contributed by atoms with E-state index in [4.69, 9.17) is 21.1 Å². The zero-order valence-corrected chi connectivity index (χ0v) is 5.44. The van der Waals surface area contributed by atoms with E-state index in [1.807, 2.05) is 0 Å². The van der Waals surface area contributed by atoms with Crippen LogP contribution in [0, 0.1) is 0 Å². The molecule has 0 bridgehead atoms. The molecule has 4 nitrogen and oxygen atoms in total. The van der Waals surface area contributed by atoms with Crippen molar-refractivity contribution in [2.24, 2.45) is 5.73 Å². The summed E-state index contributed by atoms with van der Waals surface area (Å²) in [4.78, 5) is 0. The lowest BCUT2D eigenvalue weighted by atomic mass is 10.1. The highest BCUT2D eigenvalue weighted by atomic mass is 16.3. The molecule has 0 aliphatic heterocycles. The molecule has 0 radical (unpaired) electrons. The molecule has 58 valence electrons. The number of aliphatic hydroxyl groups excluding tert-OH is 3. The van der Waals surface area contributed by atoms with Crippen molar-refractivity contribution in [1.82, 2.24) is 0 Å². The van der Waals surface area contributed by atoms with Crippen LogP contribution in [0.2, 0.25) is 0 Å². The fraction of sp³-hybridized carbons (Fsp3) is 0.667. The predicted octanol–water partition coefficient (Wildman–Crippen LogP) is -2.03. The minimum Gasteiger partial charge on any atom is -0.392 e. The summed E-state index contributed by atoms with van der Waals surface area (Å²) in [6, 6.07) is -0.544. The van der Waals surface area contributed by atoms with Crippen molar-refractivity contribution in [2.75, 3.05) is 6.61 Å². The van der Waals surface area contributed by atoms with Gasteiger partial charge in [0.2, 0.25) is 0 Å². The van der Waals surface area contributed by atoms with E-state index in [-0.39, 0.29) is 6.61 Å². The molecule has 3 unspecified atom stereocenters. The van der Waals surface area contributed by atoms with E-state index in [2.05, 4.69) is 0 Å². The molecule has 1 aliphatic carbocycles. The maximum atomic E-state index is 9.07. The summed E-state index contributed by atoms with van der Waals surface area (Å²) in [7, 11) is 0. The number of hydrogen-bond donors (Lipinski definition) is 4. The van der Waals surface area contributed by atoms with Crippen LogP contribution in [0.15, 0.2) is 11.6 Å². The van der Waals surface area contributed by atoms with Crippen molar-refractivity contribution in [3.05, 3.63) is 11.6 Å². The molecule has 5 N–H and O–H groups in total. The van der Waals surface area contributed by atoms with Crippen LogP contribution in [-0.2, 0) is 0 Å². The highest BCUT2D eigenvalue weighted by Gasteiger charge is 2.31. The lowest BCUT2D eigenvalue weighted by molar-refractivity contribution is 0.0417. The largest absolute Gasteiger partial charge is 0.392 e. The molecule has 0 heterocycles. The molecule has 0 aromatic rings. The van der Waals surface area contributed by atoms with Crippen LogP contribution in [0.1, 0.15) is 0 Å². The number of nitrogens with two attached hydrogens (primary N) is 1. The van der Waals surface area contributed by atoms with Gasteiger partial charge in [0.1, 0.15) is 12.2 Å². The molecule has 0 aromatic carbocycles. The first-order chi connectivity index (χ1) is 4.66. The van der Waals surface area contributed by atoms with Gasteiger partial charge in [0.15, 0.2) is 0 Å². The number of rotatable bonds is 1. The van der Waals surface area contributed by atoms with E-state index >= 15 is 0 Å². The summed E-state index contributed by atoms with van der Waals surface area (Å²) in [6.45, 7) is -0.244. The van der Waals surface area contributed by atoms with Crippen LogP contribution in [-0.4, -0.2) is 40.2 Å². The maximum Gasteiger partial charge on any atom is 0.105 e. The highest BCUT2D eigenvalue weighted by Crippen LogP contribution is 2.17. The zero-order valence-electron chi connectivity index (χ0n) is 5.44. The lowest BCUT2D eigenvalue weighted by Crippen LogP contribution is -2.36. The van der Waals surface area contributed by atoms with Crippen LogP contribution < -0.4 is 5.73 Å². The van der Waals surface area contributed by atoms with Gasteiger partial charge in [-0.15, -0.1) is 0 Å². The van der Waals surface area contributed by atoms with E-state index in [0.717, 1.165) is 0 Å². The molecule has 0 amide bonds. The first-order valence-corrected chi connectivity index (χ1v) is 3.10. The second-order valence-electron chi connectivity index (χ2n) is 2.41. The van der Waals surface area contributed by atoms with Gasteiger partial charge in [-0.3, -0.25) is 0 Å². The molecule has 0 saturated heterocycles. The molecule has 3 atom stereocenters. The van der Waals surface area contributed by atoms with Crippen LogP contribution in [0.25, 0.3) is 0 Å². The van der Waals surface area contributed by atoms with Crippen molar-refractivity contribution in [2.45, 2.75) is 18.2 Å². The number of aliphatic hydroxyl groups is 3. The van der Waals surface area contributed by atoms with Crippen molar-refractivity contribution >= 4 is 0 Å². The molecule has 4 heteroatoms. The third-order valence-electron chi connectivity index (χ3n) is 1.69. The summed E-state index contributed by atoms with van der Waals surface area (Å²) in [5.41, 5.74) is 5.74. The molecular weight excluding hydrogens is 134 g/mol. The number of hydrogen-bond acceptors (Lipinski definition) is 4. The standard InChI is InChI=1S/C6H11NO3/c7-4-1-3(2-8)5(9)6(4)10/h1,4-6,8-10H,2,7H2. The Hall–Kier alpha value is -0.420. The average Bonchev–Trinajstić information content (AvgIpc) is 2.17. The van der Waals surface area contributed by atoms with Crippen LogP contribution in [0.4, 0.5) is 0 Å². The fourth-order valence-corrected chi connectivity index (χ4v) is 1.02. The van der Waals surface area contributed by atoms with Crippen LogP contribution in [0.5, 0.6) is 0 Å². The molecular formula is C6H11NO3. The summed E-state index contributed by atoms with van der Waals surface area (Å²) in [5.74, 6) is 0. The average molecular weight is 145 g/mol. The van der Waals surface area contributed by atoms with E-state index in [1.165, 1.54) is 6.08 Å². The molecule has 0 spiro atoms. The third kappa shape index (κ3) is 1.06. The van der Waals surface area contributed by atoms with Gasteiger partial charge >= 0.3 is 0 Å². The molecule has 0 saturated carbocycles. The Morgan fingerprint density at radius 3 is 2.30 bits per heavy atom.